The Hall–Kier alpha value is -1.82. The minimum absolute atomic E-state index is 0.445. The summed E-state index contributed by atoms with van der Waals surface area (Å²) in [5.74, 6) is 1.07. The molecule has 0 nitrogen and oxygen atoms in total. The van der Waals surface area contributed by atoms with Crippen LogP contribution in [0.1, 0.15) is 55.7 Å². The first kappa shape index (κ1) is 14.6. The number of rotatable bonds is 5. The highest BCUT2D eigenvalue weighted by Gasteiger charge is 2.11. The first-order valence-electron chi connectivity index (χ1n) is 7.54. The molecule has 0 aromatic heterocycles. The number of allylic oxidation sites excluding steroid dienone is 1. The van der Waals surface area contributed by atoms with E-state index in [2.05, 4.69) is 87.5 Å². The van der Waals surface area contributed by atoms with Gasteiger partial charge in [0.15, 0.2) is 0 Å². The number of hydrogen-bond donors (Lipinski definition) is 0. The van der Waals surface area contributed by atoms with Crippen molar-refractivity contribution in [2.75, 3.05) is 0 Å². The minimum atomic E-state index is 0.445. The molecule has 2 aromatic rings. The largest absolute Gasteiger partial charge is 0.0767 e. The molecule has 0 radical (unpaired) electrons. The Labute approximate surface area is 123 Å². The van der Waals surface area contributed by atoms with E-state index in [0.717, 1.165) is 0 Å². The first-order chi connectivity index (χ1) is 9.72. The lowest BCUT2D eigenvalue weighted by Crippen LogP contribution is -2.00. The summed E-state index contributed by atoms with van der Waals surface area (Å²) in [5.41, 5.74) is 4.20. The summed E-state index contributed by atoms with van der Waals surface area (Å²) in [6, 6.07) is 19.3. The van der Waals surface area contributed by atoms with Crippen molar-refractivity contribution in [3.05, 3.63) is 77.4 Å². The molecule has 104 valence electrons. The minimum Gasteiger partial charge on any atom is -0.0767 e. The Bertz CT molecular complexity index is 551. The fraction of sp³-hybridized carbons (Fsp3) is 0.300. The highest BCUT2D eigenvalue weighted by Crippen LogP contribution is 2.29. The van der Waals surface area contributed by atoms with Gasteiger partial charge in [-0.1, -0.05) is 87.5 Å². The molecule has 0 heteroatoms. The molecule has 0 saturated heterocycles. The molecule has 2 aromatic carbocycles. The van der Waals surface area contributed by atoms with E-state index in [1.54, 1.807) is 0 Å². The lowest BCUT2D eigenvalue weighted by molar-refractivity contribution is 0.717. The van der Waals surface area contributed by atoms with Gasteiger partial charge in [-0.25, -0.2) is 0 Å². The molecule has 2 rings (SSSR count). The van der Waals surface area contributed by atoms with Gasteiger partial charge in [-0.2, -0.15) is 0 Å². The highest BCUT2D eigenvalue weighted by atomic mass is 14.2. The van der Waals surface area contributed by atoms with Crippen molar-refractivity contribution in [2.24, 2.45) is 0 Å². The summed E-state index contributed by atoms with van der Waals surface area (Å²) < 4.78 is 0. The molecule has 20 heavy (non-hydrogen) atoms. The van der Waals surface area contributed by atoms with E-state index < -0.39 is 0 Å². The van der Waals surface area contributed by atoms with Gasteiger partial charge in [-0.3, -0.25) is 0 Å². The van der Waals surface area contributed by atoms with Crippen LogP contribution in [0.15, 0.2) is 60.7 Å². The summed E-state index contributed by atoms with van der Waals surface area (Å²) in [7, 11) is 0. The normalized spacial score (nSPS) is 14.3. The summed E-state index contributed by atoms with van der Waals surface area (Å²) in [4.78, 5) is 0. The predicted molar refractivity (Wildman–Crippen MR) is 89.0 cm³/mol. The quantitative estimate of drug-likeness (QED) is 0.619. The van der Waals surface area contributed by atoms with Crippen molar-refractivity contribution < 1.29 is 0 Å². The van der Waals surface area contributed by atoms with Crippen molar-refractivity contribution >= 4 is 6.08 Å². The molecule has 0 bridgehead atoms. The van der Waals surface area contributed by atoms with Gasteiger partial charge in [0.2, 0.25) is 0 Å². The van der Waals surface area contributed by atoms with E-state index in [9.17, 15) is 0 Å². The monoisotopic (exact) mass is 264 g/mol. The lowest BCUT2D eigenvalue weighted by Gasteiger charge is -2.18. The van der Waals surface area contributed by atoms with Crippen LogP contribution in [-0.4, -0.2) is 0 Å². The lowest BCUT2D eigenvalue weighted by atomic mass is 9.87. The standard InChI is InChI=1S/C20H24/c1-4-16(2)19-12-8-9-13-20(19)17(3)14-15-18-10-6-5-7-11-18/h5-17H,4H2,1-3H3. The fourth-order valence-electron chi connectivity index (χ4n) is 2.52. The summed E-state index contributed by atoms with van der Waals surface area (Å²) in [6.45, 7) is 6.85. The first-order valence-corrected chi connectivity index (χ1v) is 7.54. The van der Waals surface area contributed by atoms with Crippen LogP contribution in [0.3, 0.4) is 0 Å². The molecule has 0 saturated carbocycles. The van der Waals surface area contributed by atoms with Crippen molar-refractivity contribution in [1.82, 2.24) is 0 Å². The molecule has 2 unspecified atom stereocenters. The molecule has 0 N–H and O–H groups in total. The van der Waals surface area contributed by atoms with Crippen molar-refractivity contribution in [2.45, 2.75) is 39.0 Å². The molecule has 0 spiro atoms. The van der Waals surface area contributed by atoms with Crippen LogP contribution < -0.4 is 0 Å². The van der Waals surface area contributed by atoms with E-state index >= 15 is 0 Å². The van der Waals surface area contributed by atoms with Gasteiger partial charge in [0.25, 0.3) is 0 Å². The fourth-order valence-corrected chi connectivity index (χ4v) is 2.52. The average Bonchev–Trinajstić information content (AvgIpc) is 2.52. The third-order valence-electron chi connectivity index (χ3n) is 4.01. The van der Waals surface area contributed by atoms with Gasteiger partial charge in [0.1, 0.15) is 0 Å². The molecule has 0 heterocycles. The van der Waals surface area contributed by atoms with Crippen molar-refractivity contribution in [1.29, 1.82) is 0 Å². The Morgan fingerprint density at radius 1 is 0.850 bits per heavy atom. The molecule has 0 aliphatic heterocycles. The molecular formula is C20H24. The van der Waals surface area contributed by atoms with Crippen LogP contribution in [-0.2, 0) is 0 Å². The zero-order chi connectivity index (χ0) is 14.4. The number of hydrogen-bond acceptors (Lipinski definition) is 0. The second kappa shape index (κ2) is 7.09. The topological polar surface area (TPSA) is 0 Å². The summed E-state index contributed by atoms with van der Waals surface area (Å²) >= 11 is 0. The third-order valence-corrected chi connectivity index (χ3v) is 4.01. The molecule has 0 amide bonds. The molecular weight excluding hydrogens is 240 g/mol. The zero-order valence-corrected chi connectivity index (χ0v) is 12.7. The average molecular weight is 264 g/mol. The SMILES string of the molecule is CCC(C)c1ccccc1C(C)C=Cc1ccccc1. The maximum atomic E-state index is 2.31. The van der Waals surface area contributed by atoms with E-state index in [1.165, 1.54) is 23.1 Å². The van der Waals surface area contributed by atoms with E-state index in [4.69, 9.17) is 0 Å². The van der Waals surface area contributed by atoms with Crippen molar-refractivity contribution in [3.8, 4) is 0 Å². The highest BCUT2D eigenvalue weighted by molar-refractivity contribution is 5.51. The van der Waals surface area contributed by atoms with Crippen LogP contribution in [0.25, 0.3) is 6.08 Å². The molecule has 2 atom stereocenters. The molecule has 0 aliphatic carbocycles. The second-order valence-electron chi connectivity index (χ2n) is 5.50. The van der Waals surface area contributed by atoms with E-state index in [1.807, 2.05) is 0 Å². The summed E-state index contributed by atoms with van der Waals surface area (Å²) in [5, 5.41) is 0. The Balaban J connectivity index is 2.21. The zero-order valence-electron chi connectivity index (χ0n) is 12.7. The summed E-state index contributed by atoms with van der Waals surface area (Å²) in [6.07, 6.45) is 5.71. The third kappa shape index (κ3) is 3.60. The van der Waals surface area contributed by atoms with Crippen LogP contribution in [0.4, 0.5) is 0 Å². The molecule has 0 aliphatic rings. The van der Waals surface area contributed by atoms with Crippen molar-refractivity contribution in [3.63, 3.8) is 0 Å². The Kier molecular flexibility index (Phi) is 5.17. The van der Waals surface area contributed by atoms with Crippen LogP contribution in [0, 0.1) is 0 Å². The second-order valence-corrected chi connectivity index (χ2v) is 5.50. The maximum absolute atomic E-state index is 2.31. The van der Waals surface area contributed by atoms with Crippen LogP contribution in [0.5, 0.6) is 0 Å². The predicted octanol–water partition coefficient (Wildman–Crippen LogP) is 6.02. The van der Waals surface area contributed by atoms with Gasteiger partial charge in [0.05, 0.1) is 0 Å². The van der Waals surface area contributed by atoms with E-state index in [-0.39, 0.29) is 0 Å². The Morgan fingerprint density at radius 3 is 2.10 bits per heavy atom. The van der Waals surface area contributed by atoms with Gasteiger partial charge < -0.3 is 0 Å². The molecule has 0 fully saturated rings. The van der Waals surface area contributed by atoms with Gasteiger partial charge >= 0.3 is 0 Å². The van der Waals surface area contributed by atoms with Gasteiger partial charge in [0, 0.05) is 0 Å². The van der Waals surface area contributed by atoms with Crippen LogP contribution >= 0.6 is 0 Å². The van der Waals surface area contributed by atoms with E-state index in [0.29, 0.717) is 11.8 Å². The smallest absolute Gasteiger partial charge is 0.000427 e. The number of benzene rings is 2. The Morgan fingerprint density at radius 2 is 1.45 bits per heavy atom. The van der Waals surface area contributed by atoms with Gasteiger partial charge in [-0.15, -0.1) is 0 Å². The maximum Gasteiger partial charge on any atom is -0.000427 e. The van der Waals surface area contributed by atoms with Gasteiger partial charge in [-0.05, 0) is 34.9 Å². The van der Waals surface area contributed by atoms with Crippen LogP contribution in [0.2, 0.25) is 0 Å².